The Morgan fingerprint density at radius 2 is 1.54 bits per heavy atom. The van der Waals surface area contributed by atoms with Crippen molar-refractivity contribution < 1.29 is 0 Å². The third kappa shape index (κ3) is 3.95. The molecule has 4 aliphatic rings. The van der Waals surface area contributed by atoms with Crippen LogP contribution in [0.15, 0.2) is 137 Å². The number of benzene rings is 3. The van der Waals surface area contributed by atoms with Crippen LogP contribution in [0.1, 0.15) is 41.6 Å². The van der Waals surface area contributed by atoms with Crippen LogP contribution >= 0.6 is 0 Å². The van der Waals surface area contributed by atoms with Crippen LogP contribution in [0.5, 0.6) is 0 Å². The number of amidine groups is 2. The molecule has 0 bridgehead atoms. The molecule has 0 spiro atoms. The first-order valence-corrected chi connectivity index (χ1v) is 13.0. The van der Waals surface area contributed by atoms with Gasteiger partial charge in [0.25, 0.3) is 0 Å². The van der Waals surface area contributed by atoms with Gasteiger partial charge in [-0.05, 0) is 59.9 Å². The minimum Gasteiger partial charge on any atom is -0.333 e. The first kappa shape index (κ1) is 21.8. The van der Waals surface area contributed by atoms with Crippen molar-refractivity contribution in [2.75, 3.05) is 4.90 Å². The molecule has 2 heterocycles. The molecule has 180 valence electrons. The van der Waals surface area contributed by atoms with E-state index in [2.05, 4.69) is 126 Å². The van der Waals surface area contributed by atoms with Gasteiger partial charge in [-0.2, -0.15) is 0 Å². The summed E-state index contributed by atoms with van der Waals surface area (Å²) in [7, 11) is 0. The van der Waals surface area contributed by atoms with Crippen molar-refractivity contribution >= 4 is 23.0 Å². The second-order valence-electron chi connectivity index (χ2n) is 9.79. The molecular weight excluding hydrogens is 452 g/mol. The molecule has 0 fully saturated rings. The average Bonchev–Trinajstić information content (AvgIpc) is 3.32. The van der Waals surface area contributed by atoms with Gasteiger partial charge in [0.1, 0.15) is 11.7 Å². The van der Waals surface area contributed by atoms with Crippen LogP contribution in [-0.4, -0.2) is 17.7 Å². The van der Waals surface area contributed by atoms with Crippen LogP contribution in [0, 0.1) is 0 Å². The summed E-state index contributed by atoms with van der Waals surface area (Å²) in [4.78, 5) is 12.5. The minimum atomic E-state index is -0.260. The Kier molecular flexibility index (Phi) is 5.43. The first-order valence-electron chi connectivity index (χ1n) is 13.0. The molecule has 0 aromatic heterocycles. The zero-order valence-electron chi connectivity index (χ0n) is 20.5. The van der Waals surface area contributed by atoms with Gasteiger partial charge >= 0.3 is 0 Å². The lowest BCUT2D eigenvalue weighted by molar-refractivity contribution is 0.744. The molecule has 1 N–H and O–H groups in total. The van der Waals surface area contributed by atoms with Crippen LogP contribution in [-0.2, 0) is 0 Å². The third-order valence-electron chi connectivity index (χ3n) is 7.53. The average molecular weight is 481 g/mol. The van der Waals surface area contributed by atoms with Crippen molar-refractivity contribution in [3.63, 3.8) is 0 Å². The minimum absolute atomic E-state index is 0.260. The fourth-order valence-corrected chi connectivity index (χ4v) is 5.70. The fraction of sp³-hybridized carbons (Fsp3) is 0.152. The maximum atomic E-state index is 5.03. The van der Waals surface area contributed by atoms with E-state index >= 15 is 0 Å². The summed E-state index contributed by atoms with van der Waals surface area (Å²) in [5.74, 6) is 2.16. The molecule has 0 radical (unpaired) electrons. The van der Waals surface area contributed by atoms with Gasteiger partial charge in [-0.3, -0.25) is 0 Å². The normalized spacial score (nSPS) is 23.5. The van der Waals surface area contributed by atoms with Crippen LogP contribution in [0.25, 0.3) is 0 Å². The highest BCUT2D eigenvalue weighted by Crippen LogP contribution is 2.47. The second-order valence-corrected chi connectivity index (χ2v) is 9.79. The Morgan fingerprint density at radius 3 is 2.38 bits per heavy atom. The predicted octanol–water partition coefficient (Wildman–Crippen LogP) is 7.14. The lowest BCUT2D eigenvalue weighted by atomic mass is 9.91. The van der Waals surface area contributed by atoms with E-state index in [1.807, 2.05) is 6.07 Å². The summed E-state index contributed by atoms with van der Waals surface area (Å²) in [5.41, 5.74) is 7.24. The molecule has 3 atom stereocenters. The zero-order chi connectivity index (χ0) is 24.6. The molecule has 3 unspecified atom stereocenters. The molecule has 2 aliphatic heterocycles. The van der Waals surface area contributed by atoms with Gasteiger partial charge < -0.3 is 10.2 Å². The summed E-state index contributed by atoms with van der Waals surface area (Å²) in [6, 6.07) is 28.2. The van der Waals surface area contributed by atoms with E-state index in [0.717, 1.165) is 35.6 Å². The maximum Gasteiger partial charge on any atom is 0.169 e. The SMILES string of the molecule is C1=CCCC(C2=NC(c3ccccc3)N=C(c3ccc(N4c5ccccc5C5C=CC=CC54)cc3)N2)=C1. The molecule has 2 aliphatic carbocycles. The topological polar surface area (TPSA) is 40.0 Å². The van der Waals surface area contributed by atoms with E-state index in [0.29, 0.717) is 12.0 Å². The highest BCUT2D eigenvalue weighted by molar-refractivity contribution is 6.16. The number of allylic oxidation sites excluding steroid dienone is 5. The van der Waals surface area contributed by atoms with E-state index in [-0.39, 0.29) is 6.17 Å². The van der Waals surface area contributed by atoms with Crippen LogP contribution in [0.3, 0.4) is 0 Å². The maximum absolute atomic E-state index is 5.03. The second kappa shape index (κ2) is 9.21. The van der Waals surface area contributed by atoms with E-state index in [4.69, 9.17) is 9.98 Å². The fourth-order valence-electron chi connectivity index (χ4n) is 5.70. The van der Waals surface area contributed by atoms with Gasteiger partial charge in [0.05, 0.1) is 6.04 Å². The molecule has 0 saturated carbocycles. The summed E-state index contributed by atoms with van der Waals surface area (Å²) < 4.78 is 0. The number of para-hydroxylation sites is 1. The van der Waals surface area contributed by atoms with E-state index < -0.39 is 0 Å². The lowest BCUT2D eigenvalue weighted by Crippen LogP contribution is -2.36. The number of anilines is 2. The quantitative estimate of drug-likeness (QED) is 0.431. The summed E-state index contributed by atoms with van der Waals surface area (Å²) >= 11 is 0. The van der Waals surface area contributed by atoms with Crippen LogP contribution < -0.4 is 10.2 Å². The van der Waals surface area contributed by atoms with Crippen molar-refractivity contribution in [3.8, 4) is 0 Å². The number of rotatable bonds is 4. The largest absolute Gasteiger partial charge is 0.333 e. The molecule has 4 nitrogen and oxygen atoms in total. The number of nitrogens with zero attached hydrogens (tertiary/aromatic N) is 3. The van der Waals surface area contributed by atoms with Crippen molar-refractivity contribution in [2.45, 2.75) is 31.0 Å². The monoisotopic (exact) mass is 480 g/mol. The summed E-state index contributed by atoms with van der Waals surface area (Å²) in [6.45, 7) is 0. The lowest BCUT2D eigenvalue weighted by Gasteiger charge is -2.29. The van der Waals surface area contributed by atoms with Gasteiger partial charge in [-0.15, -0.1) is 0 Å². The van der Waals surface area contributed by atoms with Crippen molar-refractivity contribution in [3.05, 3.63) is 144 Å². The molecule has 0 saturated heterocycles. The summed E-state index contributed by atoms with van der Waals surface area (Å²) in [6.07, 6.45) is 17.2. The van der Waals surface area contributed by atoms with E-state index in [9.17, 15) is 0 Å². The number of hydrogen-bond acceptors (Lipinski definition) is 4. The van der Waals surface area contributed by atoms with Crippen molar-refractivity contribution in [1.29, 1.82) is 0 Å². The van der Waals surface area contributed by atoms with Gasteiger partial charge in [-0.25, -0.2) is 9.98 Å². The smallest absolute Gasteiger partial charge is 0.169 e. The van der Waals surface area contributed by atoms with Crippen molar-refractivity contribution in [2.24, 2.45) is 9.98 Å². The summed E-state index contributed by atoms with van der Waals surface area (Å²) in [5, 5.41) is 3.55. The van der Waals surface area contributed by atoms with E-state index in [1.54, 1.807) is 0 Å². The molecular formula is C33H28N4. The predicted molar refractivity (Wildman–Crippen MR) is 153 cm³/mol. The number of aliphatic imine (C=N–C) groups is 2. The molecule has 3 aromatic carbocycles. The highest BCUT2D eigenvalue weighted by atomic mass is 15.2. The molecule has 4 heteroatoms. The number of nitrogens with one attached hydrogen (secondary N) is 1. The Morgan fingerprint density at radius 1 is 0.757 bits per heavy atom. The number of hydrogen-bond donors (Lipinski definition) is 1. The molecule has 7 rings (SSSR count). The van der Waals surface area contributed by atoms with Gasteiger partial charge in [0, 0.05) is 22.9 Å². The molecule has 37 heavy (non-hydrogen) atoms. The Bertz CT molecular complexity index is 1510. The third-order valence-corrected chi connectivity index (χ3v) is 7.53. The molecule has 3 aromatic rings. The Balaban J connectivity index is 1.23. The van der Waals surface area contributed by atoms with E-state index in [1.165, 1.54) is 22.5 Å². The first-order chi connectivity index (χ1) is 18.3. The Hall–Kier alpha value is -4.44. The Labute approximate surface area is 217 Å². The zero-order valence-corrected chi connectivity index (χ0v) is 20.5. The standard InChI is InChI=1S/C33H28N4/c1-3-11-23(12-4-1)31-34-32(24-13-5-2-6-14-24)36-33(35-31)25-19-21-26(22-20-25)37-29-17-9-7-15-27(29)28-16-8-10-18-30(28)37/h1-5,7-13,15-22,27,29,31H,6,14H2,(H,34,35,36). The van der Waals surface area contributed by atoms with Gasteiger partial charge in [0.2, 0.25) is 0 Å². The van der Waals surface area contributed by atoms with Crippen LogP contribution in [0.2, 0.25) is 0 Å². The highest BCUT2D eigenvalue weighted by Gasteiger charge is 2.37. The van der Waals surface area contributed by atoms with Gasteiger partial charge in [0.15, 0.2) is 6.17 Å². The van der Waals surface area contributed by atoms with Gasteiger partial charge in [-0.1, -0.05) is 91.1 Å². The molecule has 0 amide bonds. The number of fused-ring (bicyclic) bond motifs is 3. The van der Waals surface area contributed by atoms with Crippen molar-refractivity contribution in [1.82, 2.24) is 5.32 Å². The van der Waals surface area contributed by atoms with Crippen LogP contribution in [0.4, 0.5) is 11.4 Å².